The Hall–Kier alpha value is -2.33. The van der Waals surface area contributed by atoms with Gasteiger partial charge in [0.15, 0.2) is 0 Å². The molecule has 0 saturated heterocycles. The first-order valence-electron chi connectivity index (χ1n) is 6.62. The third-order valence-corrected chi connectivity index (χ3v) is 3.41. The van der Waals surface area contributed by atoms with Crippen LogP contribution < -0.4 is 5.32 Å². The van der Waals surface area contributed by atoms with Crippen molar-refractivity contribution in [3.05, 3.63) is 59.9 Å². The Morgan fingerprint density at radius 3 is 2.80 bits per heavy atom. The van der Waals surface area contributed by atoms with Gasteiger partial charge in [0, 0.05) is 37.5 Å². The summed E-state index contributed by atoms with van der Waals surface area (Å²) in [5.41, 5.74) is 2.07. The van der Waals surface area contributed by atoms with Crippen molar-refractivity contribution < 1.29 is 5.11 Å². The lowest BCUT2D eigenvalue weighted by Crippen LogP contribution is -2.12. The number of fused-ring (bicyclic) bond motifs is 1. The molecule has 2 aromatic carbocycles. The van der Waals surface area contributed by atoms with Crippen LogP contribution in [0.5, 0.6) is 5.75 Å². The molecule has 4 heteroatoms. The van der Waals surface area contributed by atoms with Crippen molar-refractivity contribution in [2.24, 2.45) is 7.05 Å². The molecular formula is C16H17N3O. The van der Waals surface area contributed by atoms with Crippen molar-refractivity contribution in [2.45, 2.75) is 13.1 Å². The molecule has 0 amide bonds. The molecule has 102 valence electrons. The first-order valence-corrected chi connectivity index (χ1v) is 6.62. The van der Waals surface area contributed by atoms with Crippen LogP contribution in [0.25, 0.3) is 10.8 Å². The van der Waals surface area contributed by atoms with Crippen molar-refractivity contribution in [3.8, 4) is 5.75 Å². The van der Waals surface area contributed by atoms with Gasteiger partial charge < -0.3 is 10.4 Å². The molecule has 0 aliphatic rings. The van der Waals surface area contributed by atoms with E-state index in [1.54, 1.807) is 10.7 Å². The molecule has 0 spiro atoms. The Kier molecular flexibility index (Phi) is 3.39. The van der Waals surface area contributed by atoms with E-state index in [-0.39, 0.29) is 0 Å². The van der Waals surface area contributed by atoms with Gasteiger partial charge in [0.2, 0.25) is 0 Å². The predicted octanol–water partition coefficient (Wildman–Crippen LogP) is 2.57. The zero-order valence-corrected chi connectivity index (χ0v) is 11.4. The smallest absolute Gasteiger partial charge is 0.120 e. The van der Waals surface area contributed by atoms with Crippen LogP contribution in [0.15, 0.2) is 48.8 Å². The summed E-state index contributed by atoms with van der Waals surface area (Å²) in [6.07, 6.45) is 3.83. The van der Waals surface area contributed by atoms with Crippen molar-refractivity contribution in [1.29, 1.82) is 0 Å². The number of hydrogen-bond acceptors (Lipinski definition) is 3. The second kappa shape index (κ2) is 5.35. The monoisotopic (exact) mass is 267 g/mol. The maximum atomic E-state index is 10.1. The zero-order chi connectivity index (χ0) is 13.9. The van der Waals surface area contributed by atoms with E-state index < -0.39 is 0 Å². The molecule has 1 aromatic heterocycles. The number of benzene rings is 2. The number of nitrogens with one attached hydrogen (secondary N) is 1. The fraction of sp³-hybridized carbons (Fsp3) is 0.188. The lowest BCUT2D eigenvalue weighted by atomic mass is 10.0. The van der Waals surface area contributed by atoms with Crippen LogP contribution in [0, 0.1) is 0 Å². The van der Waals surface area contributed by atoms with Gasteiger partial charge in [0.05, 0.1) is 6.20 Å². The minimum atomic E-state index is 0.336. The third kappa shape index (κ3) is 2.51. The number of nitrogens with zero attached hydrogens (tertiary/aromatic N) is 2. The molecule has 3 aromatic rings. The van der Waals surface area contributed by atoms with E-state index in [1.165, 1.54) is 0 Å². The van der Waals surface area contributed by atoms with E-state index in [1.807, 2.05) is 43.7 Å². The molecule has 0 aliphatic heterocycles. The summed E-state index contributed by atoms with van der Waals surface area (Å²) < 4.78 is 1.78. The maximum Gasteiger partial charge on any atom is 0.120 e. The summed E-state index contributed by atoms with van der Waals surface area (Å²) in [6.45, 7) is 1.36. The minimum Gasteiger partial charge on any atom is -0.508 e. The number of aromatic hydroxyl groups is 1. The average Bonchev–Trinajstić information content (AvgIpc) is 2.87. The Morgan fingerprint density at radius 1 is 1.15 bits per heavy atom. The Labute approximate surface area is 117 Å². The molecule has 1 heterocycles. The van der Waals surface area contributed by atoms with Crippen LogP contribution in [0.1, 0.15) is 11.1 Å². The molecule has 2 N–H and O–H groups in total. The number of aromatic nitrogens is 2. The molecular weight excluding hydrogens is 250 g/mol. The van der Waals surface area contributed by atoms with Gasteiger partial charge in [-0.15, -0.1) is 0 Å². The van der Waals surface area contributed by atoms with Gasteiger partial charge in [0.1, 0.15) is 5.75 Å². The largest absolute Gasteiger partial charge is 0.508 e. The summed E-state index contributed by atoms with van der Waals surface area (Å²) >= 11 is 0. The third-order valence-electron chi connectivity index (χ3n) is 3.41. The number of phenols is 1. The van der Waals surface area contributed by atoms with Gasteiger partial charge in [-0.2, -0.15) is 5.10 Å². The second-order valence-corrected chi connectivity index (χ2v) is 4.91. The van der Waals surface area contributed by atoms with E-state index in [4.69, 9.17) is 0 Å². The molecule has 0 radical (unpaired) electrons. The summed E-state index contributed by atoms with van der Waals surface area (Å²) in [6, 6.07) is 11.8. The minimum absolute atomic E-state index is 0.336. The molecule has 0 atom stereocenters. The summed E-state index contributed by atoms with van der Waals surface area (Å²) in [5, 5.41) is 19.8. The Balaban J connectivity index is 1.78. The predicted molar refractivity (Wildman–Crippen MR) is 79.4 cm³/mol. The quantitative estimate of drug-likeness (QED) is 0.764. The molecule has 0 bridgehead atoms. The van der Waals surface area contributed by atoms with E-state index in [0.29, 0.717) is 12.3 Å². The van der Waals surface area contributed by atoms with Crippen molar-refractivity contribution >= 4 is 10.8 Å². The van der Waals surface area contributed by atoms with Gasteiger partial charge >= 0.3 is 0 Å². The van der Waals surface area contributed by atoms with E-state index >= 15 is 0 Å². The van der Waals surface area contributed by atoms with Crippen LogP contribution in [0.2, 0.25) is 0 Å². The molecule has 3 rings (SSSR count). The highest BCUT2D eigenvalue weighted by atomic mass is 16.3. The highest BCUT2D eigenvalue weighted by Crippen LogP contribution is 2.26. The van der Waals surface area contributed by atoms with Crippen molar-refractivity contribution in [2.75, 3.05) is 0 Å². The standard InChI is InChI=1S/C16H17N3O/c1-19-11-12(9-18-19)8-17-10-15-14-5-3-2-4-13(14)6-7-16(15)20/h2-7,9,11,17,20H,8,10H2,1H3. The zero-order valence-electron chi connectivity index (χ0n) is 11.4. The molecule has 0 aliphatic carbocycles. The Morgan fingerprint density at radius 2 is 2.00 bits per heavy atom. The number of phenolic OH excluding ortho intramolecular Hbond substituents is 1. The number of hydrogen-bond donors (Lipinski definition) is 2. The number of aryl methyl sites for hydroxylation is 1. The normalized spacial score (nSPS) is 11.1. The van der Waals surface area contributed by atoms with Gasteiger partial charge in [-0.1, -0.05) is 30.3 Å². The van der Waals surface area contributed by atoms with Gasteiger partial charge in [-0.05, 0) is 16.8 Å². The summed E-state index contributed by atoms with van der Waals surface area (Å²) in [7, 11) is 1.90. The number of rotatable bonds is 4. The topological polar surface area (TPSA) is 50.1 Å². The SMILES string of the molecule is Cn1cc(CNCc2c(O)ccc3ccccc23)cn1. The van der Waals surface area contributed by atoms with Crippen LogP contribution in [-0.2, 0) is 20.1 Å². The highest BCUT2D eigenvalue weighted by molar-refractivity contribution is 5.87. The molecule has 4 nitrogen and oxygen atoms in total. The maximum absolute atomic E-state index is 10.1. The van der Waals surface area contributed by atoms with E-state index in [2.05, 4.69) is 16.5 Å². The molecule has 0 fully saturated rings. The van der Waals surface area contributed by atoms with Crippen LogP contribution in [-0.4, -0.2) is 14.9 Å². The van der Waals surface area contributed by atoms with Gasteiger partial charge in [-0.25, -0.2) is 0 Å². The van der Waals surface area contributed by atoms with Crippen LogP contribution in [0.4, 0.5) is 0 Å². The lowest BCUT2D eigenvalue weighted by molar-refractivity contribution is 0.466. The van der Waals surface area contributed by atoms with Crippen molar-refractivity contribution in [1.82, 2.24) is 15.1 Å². The lowest BCUT2D eigenvalue weighted by Gasteiger charge is -2.10. The molecule has 0 saturated carbocycles. The fourth-order valence-corrected chi connectivity index (χ4v) is 2.41. The fourth-order valence-electron chi connectivity index (χ4n) is 2.41. The summed E-state index contributed by atoms with van der Waals surface area (Å²) in [4.78, 5) is 0. The average molecular weight is 267 g/mol. The first kappa shape index (κ1) is 12.7. The summed E-state index contributed by atoms with van der Waals surface area (Å²) in [5.74, 6) is 0.336. The first-order chi connectivity index (χ1) is 9.74. The highest BCUT2D eigenvalue weighted by Gasteiger charge is 2.06. The van der Waals surface area contributed by atoms with Crippen LogP contribution in [0.3, 0.4) is 0 Å². The molecule has 0 unspecified atom stereocenters. The second-order valence-electron chi connectivity index (χ2n) is 4.91. The molecule has 20 heavy (non-hydrogen) atoms. The van der Waals surface area contributed by atoms with Crippen molar-refractivity contribution in [3.63, 3.8) is 0 Å². The van der Waals surface area contributed by atoms with E-state index in [9.17, 15) is 5.11 Å². The van der Waals surface area contributed by atoms with Crippen LogP contribution >= 0.6 is 0 Å². The van der Waals surface area contributed by atoms with E-state index in [0.717, 1.165) is 28.4 Å². The van der Waals surface area contributed by atoms with Gasteiger partial charge in [0.25, 0.3) is 0 Å². The van der Waals surface area contributed by atoms with Gasteiger partial charge in [-0.3, -0.25) is 4.68 Å². The Bertz CT molecular complexity index is 733.